The summed E-state index contributed by atoms with van der Waals surface area (Å²) in [6, 6.07) is 0.486. The third-order valence-electron chi connectivity index (χ3n) is 3.07. The van der Waals surface area contributed by atoms with Crippen LogP contribution in [0.4, 0.5) is 0 Å². The number of nitrogens with one attached hydrogen (secondary N) is 2. The first-order chi connectivity index (χ1) is 7.43. The molecular formula is C13H30N2O. The Bertz CT molecular complexity index is 167. The summed E-state index contributed by atoms with van der Waals surface area (Å²) in [5, 5.41) is 6.96. The molecule has 0 aliphatic heterocycles. The minimum atomic E-state index is -0.0354. The van der Waals surface area contributed by atoms with Crippen molar-refractivity contribution >= 4 is 0 Å². The summed E-state index contributed by atoms with van der Waals surface area (Å²) >= 11 is 0. The van der Waals surface area contributed by atoms with Crippen molar-refractivity contribution in [1.82, 2.24) is 10.6 Å². The van der Waals surface area contributed by atoms with E-state index in [0.29, 0.717) is 12.0 Å². The van der Waals surface area contributed by atoms with Crippen molar-refractivity contribution in [3.63, 3.8) is 0 Å². The quantitative estimate of drug-likeness (QED) is 0.636. The van der Waals surface area contributed by atoms with Gasteiger partial charge in [-0.1, -0.05) is 20.8 Å². The summed E-state index contributed by atoms with van der Waals surface area (Å²) < 4.78 is 5.50. The zero-order chi connectivity index (χ0) is 12.6. The Balaban J connectivity index is 3.67. The van der Waals surface area contributed by atoms with E-state index in [-0.39, 0.29) is 5.60 Å². The summed E-state index contributed by atoms with van der Waals surface area (Å²) in [7, 11) is 1.78. The molecular weight excluding hydrogens is 200 g/mol. The van der Waals surface area contributed by atoms with Gasteiger partial charge in [0, 0.05) is 26.2 Å². The minimum Gasteiger partial charge on any atom is -0.377 e. The van der Waals surface area contributed by atoms with Crippen LogP contribution in [0.15, 0.2) is 0 Å². The van der Waals surface area contributed by atoms with E-state index in [4.69, 9.17) is 4.74 Å². The van der Waals surface area contributed by atoms with Crippen LogP contribution in [0.2, 0.25) is 0 Å². The summed E-state index contributed by atoms with van der Waals surface area (Å²) in [5.41, 5.74) is -0.0354. The van der Waals surface area contributed by atoms with Gasteiger partial charge in [0.05, 0.1) is 5.60 Å². The molecule has 16 heavy (non-hydrogen) atoms. The van der Waals surface area contributed by atoms with Crippen molar-refractivity contribution in [2.75, 3.05) is 26.7 Å². The van der Waals surface area contributed by atoms with E-state index in [9.17, 15) is 0 Å². The van der Waals surface area contributed by atoms with Crippen molar-refractivity contribution < 1.29 is 4.74 Å². The van der Waals surface area contributed by atoms with E-state index in [1.807, 2.05) is 0 Å². The summed E-state index contributed by atoms with van der Waals surface area (Å²) in [6.07, 6.45) is 1.03. The smallest absolute Gasteiger partial charge is 0.0772 e. The topological polar surface area (TPSA) is 33.3 Å². The highest BCUT2D eigenvalue weighted by Gasteiger charge is 2.21. The summed E-state index contributed by atoms with van der Waals surface area (Å²) in [6.45, 7) is 14.0. The molecule has 0 bridgehead atoms. The molecule has 0 aliphatic carbocycles. The molecule has 2 unspecified atom stereocenters. The van der Waals surface area contributed by atoms with Gasteiger partial charge < -0.3 is 15.4 Å². The maximum Gasteiger partial charge on any atom is 0.0772 e. The average molecular weight is 230 g/mol. The zero-order valence-electron chi connectivity index (χ0n) is 11.9. The largest absolute Gasteiger partial charge is 0.377 e. The van der Waals surface area contributed by atoms with Crippen LogP contribution >= 0.6 is 0 Å². The van der Waals surface area contributed by atoms with Crippen molar-refractivity contribution in [3.05, 3.63) is 0 Å². The normalized spacial score (nSPS) is 17.4. The van der Waals surface area contributed by atoms with Crippen LogP contribution in [0.25, 0.3) is 0 Å². The standard InChI is InChI=1S/C13H30N2O/c1-7-13(5,16-6)10-15-12(4)9-14-8-11(2)3/h11-12,14-15H,7-10H2,1-6H3. The number of rotatable bonds is 9. The molecule has 0 amide bonds. The molecule has 0 aromatic heterocycles. The first-order valence-electron chi connectivity index (χ1n) is 6.42. The Hall–Kier alpha value is -0.120. The van der Waals surface area contributed by atoms with Crippen molar-refractivity contribution in [2.24, 2.45) is 5.92 Å². The molecule has 0 fully saturated rings. The highest BCUT2D eigenvalue weighted by molar-refractivity contribution is 4.78. The predicted octanol–water partition coefficient (Wildman–Crippen LogP) is 2.03. The zero-order valence-corrected chi connectivity index (χ0v) is 11.9. The Morgan fingerprint density at radius 1 is 1.19 bits per heavy atom. The molecule has 0 heterocycles. The summed E-state index contributed by atoms with van der Waals surface area (Å²) in [4.78, 5) is 0. The van der Waals surface area contributed by atoms with Gasteiger partial charge in [0.2, 0.25) is 0 Å². The van der Waals surface area contributed by atoms with Gasteiger partial charge in [0.25, 0.3) is 0 Å². The molecule has 3 heteroatoms. The van der Waals surface area contributed by atoms with Gasteiger partial charge in [-0.3, -0.25) is 0 Å². The lowest BCUT2D eigenvalue weighted by atomic mass is 10.0. The number of ether oxygens (including phenoxy) is 1. The van der Waals surface area contributed by atoms with Gasteiger partial charge in [-0.15, -0.1) is 0 Å². The second-order valence-corrected chi connectivity index (χ2v) is 5.34. The molecule has 0 aromatic carbocycles. The lowest BCUT2D eigenvalue weighted by molar-refractivity contribution is 0.00203. The maximum absolute atomic E-state index is 5.50. The van der Waals surface area contributed by atoms with Gasteiger partial charge in [-0.2, -0.15) is 0 Å². The average Bonchev–Trinajstić information content (AvgIpc) is 2.25. The summed E-state index contributed by atoms with van der Waals surface area (Å²) in [5.74, 6) is 0.715. The van der Waals surface area contributed by atoms with E-state index in [1.165, 1.54) is 0 Å². The van der Waals surface area contributed by atoms with Crippen LogP contribution < -0.4 is 10.6 Å². The molecule has 0 spiro atoms. The first-order valence-corrected chi connectivity index (χ1v) is 6.42. The molecule has 3 nitrogen and oxygen atoms in total. The maximum atomic E-state index is 5.50. The molecule has 2 N–H and O–H groups in total. The second-order valence-electron chi connectivity index (χ2n) is 5.34. The Morgan fingerprint density at radius 3 is 2.25 bits per heavy atom. The van der Waals surface area contributed by atoms with E-state index >= 15 is 0 Å². The molecule has 98 valence electrons. The van der Waals surface area contributed by atoms with Crippen molar-refractivity contribution in [2.45, 2.75) is 52.7 Å². The molecule has 0 aromatic rings. The lowest BCUT2D eigenvalue weighted by Crippen LogP contribution is -2.46. The van der Waals surface area contributed by atoms with E-state index in [0.717, 1.165) is 26.1 Å². The third-order valence-corrected chi connectivity index (χ3v) is 3.07. The Labute approximate surface area is 101 Å². The number of methoxy groups -OCH3 is 1. The fraction of sp³-hybridized carbons (Fsp3) is 1.00. The van der Waals surface area contributed by atoms with Gasteiger partial charge in [0.15, 0.2) is 0 Å². The molecule has 0 saturated carbocycles. The fourth-order valence-electron chi connectivity index (χ4n) is 1.39. The van der Waals surface area contributed by atoms with Crippen LogP contribution in [0, 0.1) is 5.92 Å². The van der Waals surface area contributed by atoms with Crippen molar-refractivity contribution in [1.29, 1.82) is 0 Å². The molecule has 2 atom stereocenters. The van der Waals surface area contributed by atoms with Crippen LogP contribution in [-0.4, -0.2) is 38.4 Å². The Kier molecular flexibility index (Phi) is 7.98. The second kappa shape index (κ2) is 8.04. The molecule has 0 rings (SSSR count). The molecule has 0 aliphatic rings. The van der Waals surface area contributed by atoms with Crippen LogP contribution in [-0.2, 0) is 4.74 Å². The fourth-order valence-corrected chi connectivity index (χ4v) is 1.39. The van der Waals surface area contributed by atoms with Crippen LogP contribution in [0.3, 0.4) is 0 Å². The number of hydrogen-bond acceptors (Lipinski definition) is 3. The highest BCUT2D eigenvalue weighted by Crippen LogP contribution is 2.12. The van der Waals surface area contributed by atoms with Crippen LogP contribution in [0.1, 0.15) is 41.0 Å². The van der Waals surface area contributed by atoms with Gasteiger partial charge in [0.1, 0.15) is 0 Å². The van der Waals surface area contributed by atoms with E-state index in [2.05, 4.69) is 45.3 Å². The molecule has 0 saturated heterocycles. The van der Waals surface area contributed by atoms with E-state index < -0.39 is 0 Å². The number of hydrogen-bond donors (Lipinski definition) is 2. The van der Waals surface area contributed by atoms with E-state index in [1.54, 1.807) is 7.11 Å². The SMILES string of the molecule is CCC(C)(CNC(C)CNCC(C)C)OC. The Morgan fingerprint density at radius 2 is 1.81 bits per heavy atom. The van der Waals surface area contributed by atoms with Gasteiger partial charge in [-0.25, -0.2) is 0 Å². The van der Waals surface area contributed by atoms with Crippen LogP contribution in [0.5, 0.6) is 0 Å². The third kappa shape index (κ3) is 7.20. The van der Waals surface area contributed by atoms with Gasteiger partial charge in [-0.05, 0) is 32.7 Å². The lowest BCUT2D eigenvalue weighted by Gasteiger charge is -2.29. The highest BCUT2D eigenvalue weighted by atomic mass is 16.5. The first kappa shape index (κ1) is 15.9. The predicted molar refractivity (Wildman–Crippen MR) is 70.9 cm³/mol. The monoisotopic (exact) mass is 230 g/mol. The minimum absolute atomic E-state index is 0.0354. The van der Waals surface area contributed by atoms with Crippen molar-refractivity contribution in [3.8, 4) is 0 Å². The van der Waals surface area contributed by atoms with Gasteiger partial charge >= 0.3 is 0 Å². The molecule has 0 radical (unpaired) electrons.